The van der Waals surface area contributed by atoms with E-state index in [0.29, 0.717) is 6.04 Å². The Balaban J connectivity index is 2.14. The molecule has 2 aromatic heterocycles. The van der Waals surface area contributed by atoms with Gasteiger partial charge in [-0.25, -0.2) is 4.79 Å². The summed E-state index contributed by atoms with van der Waals surface area (Å²) in [6.07, 6.45) is 5.45. The van der Waals surface area contributed by atoms with Gasteiger partial charge in [0.05, 0.1) is 17.2 Å². The lowest BCUT2D eigenvalue weighted by molar-refractivity contribution is 0.368. The Morgan fingerprint density at radius 3 is 3.00 bits per heavy atom. The van der Waals surface area contributed by atoms with Gasteiger partial charge in [0.2, 0.25) is 0 Å². The van der Waals surface area contributed by atoms with Crippen molar-refractivity contribution in [2.24, 2.45) is 0 Å². The molecule has 0 aliphatic carbocycles. The fourth-order valence-corrected chi connectivity index (χ4v) is 2.41. The molecule has 0 unspecified atom stereocenters. The first-order valence-corrected chi connectivity index (χ1v) is 5.61. The van der Waals surface area contributed by atoms with Crippen molar-refractivity contribution in [3.05, 3.63) is 28.9 Å². The predicted octanol–water partition coefficient (Wildman–Crippen LogP) is 0.649. The lowest BCUT2D eigenvalue weighted by Crippen LogP contribution is -2.33. The Kier molecular flexibility index (Phi) is 2.25. The first-order chi connectivity index (χ1) is 7.86. The van der Waals surface area contributed by atoms with E-state index in [4.69, 9.17) is 0 Å². The van der Waals surface area contributed by atoms with Crippen LogP contribution in [0.5, 0.6) is 0 Å². The zero-order chi connectivity index (χ0) is 11.0. The highest BCUT2D eigenvalue weighted by Crippen LogP contribution is 2.20. The van der Waals surface area contributed by atoms with Crippen LogP contribution in [-0.4, -0.2) is 27.6 Å². The highest BCUT2D eigenvalue weighted by Gasteiger charge is 2.19. The van der Waals surface area contributed by atoms with Crippen LogP contribution in [-0.2, 0) is 0 Å². The normalized spacial score (nSPS) is 18.0. The number of fused-ring (bicyclic) bond motifs is 1. The molecule has 0 aromatic carbocycles. The van der Waals surface area contributed by atoms with Gasteiger partial charge in [0.15, 0.2) is 0 Å². The Bertz CT molecular complexity index is 550. The molecule has 84 valence electrons. The number of hydrogen-bond donors (Lipinski definition) is 2. The van der Waals surface area contributed by atoms with Gasteiger partial charge in [0.25, 0.3) is 0 Å². The van der Waals surface area contributed by atoms with Crippen LogP contribution in [0.25, 0.3) is 11.0 Å². The van der Waals surface area contributed by atoms with Crippen molar-refractivity contribution in [3.63, 3.8) is 0 Å². The zero-order valence-corrected chi connectivity index (χ0v) is 8.94. The average molecular weight is 218 g/mol. The SMILES string of the molecule is O=c1[nH]c2cnccc2n1C1CCNCC1. The maximum absolute atomic E-state index is 11.9. The topological polar surface area (TPSA) is 62.7 Å². The molecular formula is C11H14N4O. The average Bonchev–Trinajstić information content (AvgIpc) is 2.66. The maximum atomic E-state index is 11.9. The fourth-order valence-electron chi connectivity index (χ4n) is 2.41. The number of aromatic nitrogens is 3. The molecule has 1 aliphatic heterocycles. The van der Waals surface area contributed by atoms with Crippen LogP contribution >= 0.6 is 0 Å². The van der Waals surface area contributed by atoms with Gasteiger partial charge in [0.1, 0.15) is 0 Å². The maximum Gasteiger partial charge on any atom is 0.326 e. The summed E-state index contributed by atoms with van der Waals surface area (Å²) in [5.41, 5.74) is 1.77. The summed E-state index contributed by atoms with van der Waals surface area (Å²) >= 11 is 0. The molecule has 2 aromatic rings. The molecule has 3 heterocycles. The molecule has 5 heteroatoms. The van der Waals surface area contributed by atoms with Crippen LogP contribution < -0.4 is 11.0 Å². The van der Waals surface area contributed by atoms with E-state index >= 15 is 0 Å². The quantitative estimate of drug-likeness (QED) is 0.738. The van der Waals surface area contributed by atoms with Gasteiger partial charge in [-0.2, -0.15) is 0 Å². The predicted molar refractivity (Wildman–Crippen MR) is 61.5 cm³/mol. The van der Waals surface area contributed by atoms with Gasteiger partial charge in [0, 0.05) is 12.2 Å². The van der Waals surface area contributed by atoms with E-state index in [0.717, 1.165) is 37.0 Å². The number of nitrogens with one attached hydrogen (secondary N) is 2. The highest BCUT2D eigenvalue weighted by atomic mass is 16.1. The second kappa shape index (κ2) is 3.75. The van der Waals surface area contributed by atoms with E-state index in [9.17, 15) is 4.79 Å². The minimum Gasteiger partial charge on any atom is -0.317 e. The Labute approximate surface area is 92.5 Å². The number of pyridine rings is 1. The Morgan fingerprint density at radius 1 is 1.38 bits per heavy atom. The summed E-state index contributed by atoms with van der Waals surface area (Å²) < 4.78 is 1.87. The monoisotopic (exact) mass is 218 g/mol. The summed E-state index contributed by atoms with van der Waals surface area (Å²) in [5, 5.41) is 3.31. The van der Waals surface area contributed by atoms with Crippen molar-refractivity contribution in [2.45, 2.75) is 18.9 Å². The largest absolute Gasteiger partial charge is 0.326 e. The van der Waals surface area contributed by atoms with Gasteiger partial charge < -0.3 is 10.3 Å². The van der Waals surface area contributed by atoms with Crippen molar-refractivity contribution < 1.29 is 0 Å². The van der Waals surface area contributed by atoms with E-state index in [1.54, 1.807) is 12.4 Å². The van der Waals surface area contributed by atoms with Crippen molar-refractivity contribution in [1.82, 2.24) is 19.9 Å². The smallest absolute Gasteiger partial charge is 0.317 e. The molecule has 1 aliphatic rings. The molecular weight excluding hydrogens is 204 g/mol. The van der Waals surface area contributed by atoms with Crippen molar-refractivity contribution >= 4 is 11.0 Å². The Morgan fingerprint density at radius 2 is 2.19 bits per heavy atom. The van der Waals surface area contributed by atoms with Crippen LogP contribution in [0.3, 0.4) is 0 Å². The van der Waals surface area contributed by atoms with E-state index < -0.39 is 0 Å². The summed E-state index contributed by atoms with van der Waals surface area (Å²) in [5.74, 6) is 0. The molecule has 5 nitrogen and oxygen atoms in total. The van der Waals surface area contributed by atoms with E-state index in [-0.39, 0.29) is 5.69 Å². The highest BCUT2D eigenvalue weighted by molar-refractivity contribution is 5.73. The van der Waals surface area contributed by atoms with Gasteiger partial charge in [-0.3, -0.25) is 9.55 Å². The second-order valence-electron chi connectivity index (χ2n) is 4.17. The molecule has 0 radical (unpaired) electrons. The van der Waals surface area contributed by atoms with E-state index in [2.05, 4.69) is 15.3 Å². The molecule has 0 spiro atoms. The third-order valence-corrected chi connectivity index (χ3v) is 3.19. The standard InChI is InChI=1S/C11H14N4O/c16-11-14-9-7-13-6-3-10(9)15(11)8-1-4-12-5-2-8/h3,6-8,12H,1-2,4-5H2,(H,14,16). The van der Waals surface area contributed by atoms with Gasteiger partial charge in [-0.05, 0) is 32.0 Å². The lowest BCUT2D eigenvalue weighted by atomic mass is 10.1. The Hall–Kier alpha value is -1.62. The lowest BCUT2D eigenvalue weighted by Gasteiger charge is -2.23. The van der Waals surface area contributed by atoms with E-state index in [1.807, 2.05) is 10.6 Å². The van der Waals surface area contributed by atoms with Gasteiger partial charge >= 0.3 is 5.69 Å². The van der Waals surface area contributed by atoms with Gasteiger partial charge in [-0.15, -0.1) is 0 Å². The summed E-state index contributed by atoms with van der Waals surface area (Å²) in [6, 6.07) is 2.21. The summed E-state index contributed by atoms with van der Waals surface area (Å²) in [6.45, 7) is 1.96. The molecule has 1 saturated heterocycles. The number of aromatic amines is 1. The van der Waals surface area contributed by atoms with Crippen LogP contribution in [0, 0.1) is 0 Å². The first kappa shape index (κ1) is 9.59. The molecule has 0 saturated carbocycles. The number of H-pyrrole nitrogens is 1. The number of hydrogen-bond acceptors (Lipinski definition) is 3. The van der Waals surface area contributed by atoms with Crippen molar-refractivity contribution in [1.29, 1.82) is 0 Å². The van der Waals surface area contributed by atoms with Crippen LogP contribution in [0.1, 0.15) is 18.9 Å². The number of piperidine rings is 1. The van der Waals surface area contributed by atoms with Crippen LogP contribution in [0.4, 0.5) is 0 Å². The molecule has 0 bridgehead atoms. The van der Waals surface area contributed by atoms with Crippen molar-refractivity contribution in [2.75, 3.05) is 13.1 Å². The molecule has 0 amide bonds. The van der Waals surface area contributed by atoms with Crippen LogP contribution in [0.15, 0.2) is 23.3 Å². The van der Waals surface area contributed by atoms with Crippen molar-refractivity contribution in [3.8, 4) is 0 Å². The number of rotatable bonds is 1. The number of imidazole rings is 1. The summed E-state index contributed by atoms with van der Waals surface area (Å²) in [7, 11) is 0. The minimum absolute atomic E-state index is 0.0186. The minimum atomic E-state index is -0.0186. The third kappa shape index (κ3) is 1.44. The number of nitrogens with zero attached hydrogens (tertiary/aromatic N) is 2. The molecule has 0 atom stereocenters. The molecule has 3 rings (SSSR count). The zero-order valence-electron chi connectivity index (χ0n) is 8.94. The molecule has 1 fully saturated rings. The summed E-state index contributed by atoms with van der Waals surface area (Å²) in [4.78, 5) is 18.8. The van der Waals surface area contributed by atoms with E-state index in [1.165, 1.54) is 0 Å². The van der Waals surface area contributed by atoms with Crippen LogP contribution in [0.2, 0.25) is 0 Å². The molecule has 16 heavy (non-hydrogen) atoms. The van der Waals surface area contributed by atoms with Gasteiger partial charge in [-0.1, -0.05) is 0 Å². The fraction of sp³-hybridized carbons (Fsp3) is 0.455. The second-order valence-corrected chi connectivity index (χ2v) is 4.17. The molecule has 2 N–H and O–H groups in total. The first-order valence-electron chi connectivity index (χ1n) is 5.61. The third-order valence-electron chi connectivity index (χ3n) is 3.19.